The number of halogens is 1. The number of benzene rings is 1. The third-order valence-electron chi connectivity index (χ3n) is 2.96. The molecule has 0 N–H and O–H groups in total. The highest BCUT2D eigenvalue weighted by atomic mass is 35.5. The van der Waals surface area contributed by atoms with Gasteiger partial charge in [-0.25, -0.2) is 4.98 Å². The van der Waals surface area contributed by atoms with Gasteiger partial charge >= 0.3 is 0 Å². The highest BCUT2D eigenvalue weighted by Crippen LogP contribution is 2.17. The number of alkyl halides is 1. The molecule has 4 nitrogen and oxygen atoms in total. The molecule has 0 aliphatic heterocycles. The molecule has 2 aromatic rings. The van der Waals surface area contributed by atoms with Crippen LogP contribution in [0.2, 0.25) is 0 Å². The second-order valence-electron chi connectivity index (χ2n) is 4.26. The zero-order valence-corrected chi connectivity index (χ0v) is 11.9. The van der Waals surface area contributed by atoms with Crippen LogP contribution in [-0.2, 0) is 21.9 Å². The normalized spacial score (nSPS) is 11.3. The van der Waals surface area contributed by atoms with E-state index < -0.39 is 0 Å². The van der Waals surface area contributed by atoms with Crippen LogP contribution in [0.5, 0.6) is 0 Å². The van der Waals surface area contributed by atoms with Gasteiger partial charge < -0.3 is 14.0 Å². The predicted octanol–water partition coefficient (Wildman–Crippen LogP) is 2.83. The molecule has 2 rings (SSSR count). The van der Waals surface area contributed by atoms with Crippen LogP contribution in [0.4, 0.5) is 0 Å². The third-order valence-corrected chi connectivity index (χ3v) is 3.19. The lowest BCUT2D eigenvalue weighted by Crippen LogP contribution is -2.08. The van der Waals surface area contributed by atoms with Gasteiger partial charge in [0.1, 0.15) is 5.82 Å². The van der Waals surface area contributed by atoms with Crippen molar-refractivity contribution in [1.82, 2.24) is 9.55 Å². The van der Waals surface area contributed by atoms with E-state index in [-0.39, 0.29) is 0 Å². The highest BCUT2D eigenvalue weighted by molar-refractivity contribution is 6.16. The Kier molecular flexibility index (Phi) is 5.63. The lowest BCUT2D eigenvalue weighted by molar-refractivity contribution is 0.0681. The Morgan fingerprint density at radius 1 is 1.21 bits per heavy atom. The fourth-order valence-corrected chi connectivity index (χ4v) is 2.25. The first-order valence-corrected chi connectivity index (χ1v) is 6.97. The molecule has 0 saturated heterocycles. The van der Waals surface area contributed by atoms with Crippen LogP contribution < -0.4 is 0 Å². The number of para-hydroxylation sites is 2. The van der Waals surface area contributed by atoms with Crippen molar-refractivity contribution in [2.75, 3.05) is 26.9 Å². The minimum Gasteiger partial charge on any atom is -0.382 e. The summed E-state index contributed by atoms with van der Waals surface area (Å²) < 4.78 is 12.6. The Morgan fingerprint density at radius 2 is 2.05 bits per heavy atom. The summed E-state index contributed by atoms with van der Waals surface area (Å²) in [5.41, 5.74) is 2.13. The van der Waals surface area contributed by atoms with E-state index in [0.717, 1.165) is 36.4 Å². The number of aryl methyl sites for hydroxylation is 1. The minimum atomic E-state index is 0.430. The topological polar surface area (TPSA) is 36.3 Å². The van der Waals surface area contributed by atoms with Crippen molar-refractivity contribution < 1.29 is 9.47 Å². The predicted molar refractivity (Wildman–Crippen MR) is 76.6 cm³/mol. The van der Waals surface area contributed by atoms with E-state index in [2.05, 4.69) is 15.6 Å². The van der Waals surface area contributed by atoms with Crippen LogP contribution in [0, 0.1) is 0 Å². The van der Waals surface area contributed by atoms with E-state index in [9.17, 15) is 0 Å². The number of rotatable bonds is 8. The lowest BCUT2D eigenvalue weighted by atomic mass is 10.3. The van der Waals surface area contributed by atoms with Crippen molar-refractivity contribution in [2.45, 2.75) is 18.8 Å². The molecule has 0 bridgehead atoms. The SMILES string of the molecule is COCCOCCCn1c(CCl)nc2ccccc21. The van der Waals surface area contributed by atoms with Crippen LogP contribution in [0.1, 0.15) is 12.2 Å². The second kappa shape index (κ2) is 7.48. The molecule has 1 aromatic heterocycles. The van der Waals surface area contributed by atoms with E-state index in [1.165, 1.54) is 0 Å². The molecule has 104 valence electrons. The van der Waals surface area contributed by atoms with Gasteiger partial charge in [-0.1, -0.05) is 12.1 Å². The molecule has 0 saturated carbocycles. The Labute approximate surface area is 118 Å². The second-order valence-corrected chi connectivity index (χ2v) is 4.53. The first-order chi connectivity index (χ1) is 9.36. The van der Waals surface area contributed by atoms with Crippen molar-refractivity contribution >= 4 is 22.6 Å². The Balaban J connectivity index is 1.95. The van der Waals surface area contributed by atoms with Crippen molar-refractivity contribution in [3.63, 3.8) is 0 Å². The summed E-state index contributed by atoms with van der Waals surface area (Å²) in [6.45, 7) is 2.87. The molecule has 0 spiro atoms. The van der Waals surface area contributed by atoms with E-state index >= 15 is 0 Å². The average Bonchev–Trinajstić information content (AvgIpc) is 2.81. The largest absolute Gasteiger partial charge is 0.382 e. The number of imidazole rings is 1. The zero-order valence-electron chi connectivity index (χ0n) is 11.1. The fraction of sp³-hybridized carbons (Fsp3) is 0.500. The molecule has 0 fully saturated rings. The first kappa shape index (κ1) is 14.3. The monoisotopic (exact) mass is 282 g/mol. The number of methoxy groups -OCH3 is 1. The Hall–Kier alpha value is -1.10. The van der Waals surface area contributed by atoms with Crippen LogP contribution >= 0.6 is 11.6 Å². The van der Waals surface area contributed by atoms with Crippen LogP contribution in [-0.4, -0.2) is 36.5 Å². The van der Waals surface area contributed by atoms with Gasteiger partial charge in [-0.15, -0.1) is 11.6 Å². The van der Waals surface area contributed by atoms with Gasteiger partial charge in [-0.2, -0.15) is 0 Å². The summed E-state index contributed by atoms with van der Waals surface area (Å²) in [4.78, 5) is 4.53. The molecule has 19 heavy (non-hydrogen) atoms. The number of nitrogens with zero attached hydrogens (tertiary/aromatic N) is 2. The number of hydrogen-bond donors (Lipinski definition) is 0. The van der Waals surface area contributed by atoms with E-state index in [0.29, 0.717) is 19.1 Å². The summed E-state index contributed by atoms with van der Waals surface area (Å²) in [5.74, 6) is 1.35. The molecule has 0 atom stereocenters. The molecular formula is C14H19ClN2O2. The zero-order chi connectivity index (χ0) is 13.5. The smallest absolute Gasteiger partial charge is 0.124 e. The van der Waals surface area contributed by atoms with Gasteiger partial charge in [0.05, 0.1) is 30.1 Å². The van der Waals surface area contributed by atoms with Gasteiger partial charge in [-0.05, 0) is 18.6 Å². The molecule has 0 amide bonds. The Morgan fingerprint density at radius 3 is 2.84 bits per heavy atom. The lowest BCUT2D eigenvalue weighted by Gasteiger charge is -2.08. The number of hydrogen-bond acceptors (Lipinski definition) is 3. The summed E-state index contributed by atoms with van der Waals surface area (Å²) in [6.07, 6.45) is 0.938. The fourth-order valence-electron chi connectivity index (χ4n) is 2.05. The standard InChI is InChI=1S/C14H19ClN2O2/c1-18-9-10-19-8-4-7-17-13-6-3-2-5-12(13)16-14(17)11-15/h2-3,5-6H,4,7-11H2,1H3. The maximum atomic E-state index is 5.95. The molecule has 0 aliphatic carbocycles. The Bertz CT molecular complexity index is 513. The van der Waals surface area contributed by atoms with Crippen molar-refractivity contribution in [1.29, 1.82) is 0 Å². The third kappa shape index (κ3) is 3.69. The van der Waals surface area contributed by atoms with Crippen LogP contribution in [0.25, 0.3) is 11.0 Å². The number of fused-ring (bicyclic) bond motifs is 1. The van der Waals surface area contributed by atoms with Crippen molar-refractivity contribution in [3.05, 3.63) is 30.1 Å². The van der Waals surface area contributed by atoms with Gasteiger partial charge in [0.25, 0.3) is 0 Å². The number of aromatic nitrogens is 2. The van der Waals surface area contributed by atoms with Gasteiger partial charge in [0.15, 0.2) is 0 Å². The first-order valence-electron chi connectivity index (χ1n) is 6.43. The van der Waals surface area contributed by atoms with Crippen molar-refractivity contribution in [2.24, 2.45) is 0 Å². The molecular weight excluding hydrogens is 264 g/mol. The average molecular weight is 283 g/mol. The highest BCUT2D eigenvalue weighted by Gasteiger charge is 2.08. The molecule has 5 heteroatoms. The molecule has 1 heterocycles. The summed E-state index contributed by atoms with van der Waals surface area (Å²) in [6, 6.07) is 8.10. The van der Waals surface area contributed by atoms with Crippen molar-refractivity contribution in [3.8, 4) is 0 Å². The molecule has 0 aliphatic rings. The quantitative estimate of drug-likeness (QED) is 0.552. The molecule has 1 aromatic carbocycles. The van der Waals surface area contributed by atoms with Gasteiger partial charge in [0.2, 0.25) is 0 Å². The van der Waals surface area contributed by atoms with E-state index in [4.69, 9.17) is 21.1 Å². The van der Waals surface area contributed by atoms with Crippen LogP contribution in [0.15, 0.2) is 24.3 Å². The maximum Gasteiger partial charge on any atom is 0.124 e. The summed E-state index contributed by atoms with van der Waals surface area (Å²) in [7, 11) is 1.67. The minimum absolute atomic E-state index is 0.430. The van der Waals surface area contributed by atoms with Gasteiger partial charge in [-0.3, -0.25) is 0 Å². The van der Waals surface area contributed by atoms with E-state index in [1.54, 1.807) is 7.11 Å². The molecule has 0 radical (unpaired) electrons. The summed E-state index contributed by atoms with van der Waals surface area (Å²) >= 11 is 5.95. The van der Waals surface area contributed by atoms with E-state index in [1.807, 2.05) is 18.2 Å². The maximum absolute atomic E-state index is 5.95. The number of ether oxygens (including phenoxy) is 2. The van der Waals surface area contributed by atoms with Gasteiger partial charge in [0, 0.05) is 20.3 Å². The summed E-state index contributed by atoms with van der Waals surface area (Å²) in [5, 5.41) is 0. The van der Waals surface area contributed by atoms with Crippen LogP contribution in [0.3, 0.4) is 0 Å². The molecule has 0 unspecified atom stereocenters.